The molecule has 1 fully saturated rings. The van der Waals surface area contributed by atoms with Gasteiger partial charge in [-0.2, -0.15) is 0 Å². The Morgan fingerprint density at radius 2 is 1.95 bits per heavy atom. The summed E-state index contributed by atoms with van der Waals surface area (Å²) in [5.74, 6) is 0.445. The molecule has 0 amide bonds. The van der Waals surface area contributed by atoms with E-state index in [0.29, 0.717) is 17.4 Å². The van der Waals surface area contributed by atoms with Crippen LogP contribution in [0.15, 0.2) is 42.5 Å². The maximum Gasteiger partial charge on any atom is 0.131 e. The van der Waals surface area contributed by atoms with Crippen LogP contribution in [0.3, 0.4) is 0 Å². The fourth-order valence-corrected chi connectivity index (χ4v) is 2.72. The molecule has 1 aliphatic heterocycles. The van der Waals surface area contributed by atoms with Gasteiger partial charge in [0.15, 0.2) is 0 Å². The molecule has 0 saturated carbocycles. The van der Waals surface area contributed by atoms with Gasteiger partial charge in [0.1, 0.15) is 11.6 Å². The van der Waals surface area contributed by atoms with Crippen molar-refractivity contribution in [3.05, 3.63) is 53.8 Å². The highest BCUT2D eigenvalue weighted by atomic mass is 19.1. The predicted molar refractivity (Wildman–Crippen MR) is 78.4 cm³/mol. The van der Waals surface area contributed by atoms with Crippen molar-refractivity contribution in [3.63, 3.8) is 0 Å². The standard InChI is InChI=1S/C17H18FNO/c1-20-14-8-9-16(18)15(11-14)12-4-6-13(7-5-12)17-3-2-10-19-17/h4-9,11,17,19H,2-3,10H2,1H3. The van der Waals surface area contributed by atoms with Crippen LogP contribution in [0, 0.1) is 5.82 Å². The lowest BCUT2D eigenvalue weighted by atomic mass is 9.99. The lowest BCUT2D eigenvalue weighted by molar-refractivity contribution is 0.414. The molecule has 3 heteroatoms. The molecule has 2 aromatic rings. The lowest BCUT2D eigenvalue weighted by Gasteiger charge is -2.12. The van der Waals surface area contributed by atoms with E-state index in [0.717, 1.165) is 12.1 Å². The number of nitrogens with one attached hydrogen (secondary N) is 1. The molecule has 104 valence electrons. The van der Waals surface area contributed by atoms with E-state index in [-0.39, 0.29) is 5.82 Å². The zero-order chi connectivity index (χ0) is 13.9. The van der Waals surface area contributed by atoms with E-state index in [2.05, 4.69) is 17.4 Å². The van der Waals surface area contributed by atoms with E-state index in [1.54, 1.807) is 19.2 Å². The van der Waals surface area contributed by atoms with E-state index in [4.69, 9.17) is 4.74 Å². The van der Waals surface area contributed by atoms with Crippen molar-refractivity contribution in [2.24, 2.45) is 0 Å². The van der Waals surface area contributed by atoms with Crippen molar-refractivity contribution in [2.75, 3.05) is 13.7 Å². The van der Waals surface area contributed by atoms with Gasteiger partial charge in [0.25, 0.3) is 0 Å². The average molecular weight is 271 g/mol. The first kappa shape index (κ1) is 13.1. The summed E-state index contributed by atoms with van der Waals surface area (Å²) in [6, 6.07) is 13.4. The van der Waals surface area contributed by atoms with Gasteiger partial charge in [-0.3, -0.25) is 0 Å². The first-order chi connectivity index (χ1) is 9.78. The number of hydrogen-bond acceptors (Lipinski definition) is 2. The van der Waals surface area contributed by atoms with Gasteiger partial charge < -0.3 is 10.1 Å². The Morgan fingerprint density at radius 1 is 1.15 bits per heavy atom. The summed E-state index contributed by atoms with van der Waals surface area (Å²) in [6.07, 6.45) is 2.39. The molecular weight excluding hydrogens is 253 g/mol. The molecule has 1 unspecified atom stereocenters. The van der Waals surface area contributed by atoms with Crippen LogP contribution in [0.1, 0.15) is 24.4 Å². The summed E-state index contributed by atoms with van der Waals surface area (Å²) in [4.78, 5) is 0. The second-order valence-electron chi connectivity index (χ2n) is 5.12. The minimum atomic E-state index is -0.224. The second kappa shape index (κ2) is 5.63. The normalized spacial score (nSPS) is 18.2. The van der Waals surface area contributed by atoms with Crippen LogP contribution in [-0.4, -0.2) is 13.7 Å². The zero-order valence-corrected chi connectivity index (χ0v) is 11.5. The number of methoxy groups -OCH3 is 1. The summed E-state index contributed by atoms with van der Waals surface area (Å²) in [5, 5.41) is 3.47. The molecule has 1 atom stereocenters. The van der Waals surface area contributed by atoms with Crippen molar-refractivity contribution in [1.82, 2.24) is 5.32 Å². The number of ether oxygens (including phenoxy) is 1. The SMILES string of the molecule is COc1ccc(F)c(-c2ccc(C3CCCN3)cc2)c1. The van der Waals surface area contributed by atoms with Crippen molar-refractivity contribution < 1.29 is 9.13 Å². The fraction of sp³-hybridized carbons (Fsp3) is 0.294. The Labute approximate surface area is 118 Å². The van der Waals surface area contributed by atoms with Crippen molar-refractivity contribution >= 4 is 0 Å². The van der Waals surface area contributed by atoms with Crippen LogP contribution in [0.5, 0.6) is 5.75 Å². The Kier molecular flexibility index (Phi) is 3.70. The molecule has 1 aliphatic rings. The molecular formula is C17H18FNO. The van der Waals surface area contributed by atoms with Gasteiger partial charge >= 0.3 is 0 Å². The minimum absolute atomic E-state index is 0.224. The summed E-state index contributed by atoms with van der Waals surface area (Å²) >= 11 is 0. The third-order valence-corrected chi connectivity index (χ3v) is 3.86. The molecule has 0 radical (unpaired) electrons. The Morgan fingerprint density at radius 3 is 2.60 bits per heavy atom. The molecule has 2 nitrogen and oxygen atoms in total. The van der Waals surface area contributed by atoms with E-state index < -0.39 is 0 Å². The highest BCUT2D eigenvalue weighted by Crippen LogP contribution is 2.29. The summed E-state index contributed by atoms with van der Waals surface area (Å²) in [5.41, 5.74) is 2.73. The van der Waals surface area contributed by atoms with Gasteiger partial charge in [-0.1, -0.05) is 24.3 Å². The number of hydrogen-bond donors (Lipinski definition) is 1. The minimum Gasteiger partial charge on any atom is -0.497 e. The van der Waals surface area contributed by atoms with Gasteiger partial charge in [0.2, 0.25) is 0 Å². The first-order valence-corrected chi connectivity index (χ1v) is 6.95. The number of halogens is 1. The summed E-state index contributed by atoms with van der Waals surface area (Å²) in [6.45, 7) is 1.08. The van der Waals surface area contributed by atoms with Gasteiger partial charge in [0.05, 0.1) is 7.11 Å². The van der Waals surface area contributed by atoms with Crippen LogP contribution in [0.25, 0.3) is 11.1 Å². The third-order valence-electron chi connectivity index (χ3n) is 3.86. The van der Waals surface area contributed by atoms with E-state index in [1.165, 1.54) is 24.5 Å². The smallest absolute Gasteiger partial charge is 0.131 e. The highest BCUT2D eigenvalue weighted by Gasteiger charge is 2.16. The first-order valence-electron chi connectivity index (χ1n) is 6.95. The Bertz CT molecular complexity index is 588. The van der Waals surface area contributed by atoms with Gasteiger partial charge in [-0.25, -0.2) is 4.39 Å². The van der Waals surface area contributed by atoms with Crippen molar-refractivity contribution in [3.8, 4) is 16.9 Å². The number of benzene rings is 2. The summed E-state index contributed by atoms with van der Waals surface area (Å²) in [7, 11) is 1.59. The molecule has 2 aromatic carbocycles. The van der Waals surface area contributed by atoms with E-state index in [1.807, 2.05) is 12.1 Å². The molecule has 0 spiro atoms. The zero-order valence-electron chi connectivity index (χ0n) is 11.5. The van der Waals surface area contributed by atoms with Gasteiger partial charge in [-0.15, -0.1) is 0 Å². The van der Waals surface area contributed by atoms with E-state index in [9.17, 15) is 4.39 Å². The van der Waals surface area contributed by atoms with Crippen LogP contribution in [0.2, 0.25) is 0 Å². The van der Waals surface area contributed by atoms with Crippen LogP contribution in [0.4, 0.5) is 4.39 Å². The van der Waals surface area contributed by atoms with Crippen LogP contribution >= 0.6 is 0 Å². The molecule has 0 bridgehead atoms. The van der Waals surface area contributed by atoms with Gasteiger partial charge in [-0.05, 0) is 48.7 Å². The monoisotopic (exact) mass is 271 g/mol. The topological polar surface area (TPSA) is 21.3 Å². The molecule has 0 aromatic heterocycles. The summed E-state index contributed by atoms with van der Waals surface area (Å²) < 4.78 is 19.1. The highest BCUT2D eigenvalue weighted by molar-refractivity contribution is 5.66. The van der Waals surface area contributed by atoms with Crippen molar-refractivity contribution in [1.29, 1.82) is 0 Å². The second-order valence-corrected chi connectivity index (χ2v) is 5.12. The molecule has 3 rings (SSSR count). The average Bonchev–Trinajstić information content (AvgIpc) is 3.02. The molecule has 1 saturated heterocycles. The maximum absolute atomic E-state index is 13.9. The van der Waals surface area contributed by atoms with Crippen molar-refractivity contribution in [2.45, 2.75) is 18.9 Å². The quantitative estimate of drug-likeness (QED) is 0.913. The Balaban J connectivity index is 1.90. The lowest BCUT2D eigenvalue weighted by Crippen LogP contribution is -2.12. The molecule has 1 N–H and O–H groups in total. The van der Waals surface area contributed by atoms with Crippen LogP contribution in [-0.2, 0) is 0 Å². The molecule has 20 heavy (non-hydrogen) atoms. The van der Waals surface area contributed by atoms with Crippen LogP contribution < -0.4 is 10.1 Å². The largest absolute Gasteiger partial charge is 0.497 e. The predicted octanol–water partition coefficient (Wildman–Crippen LogP) is 3.93. The fourth-order valence-electron chi connectivity index (χ4n) is 2.72. The third kappa shape index (κ3) is 2.54. The van der Waals surface area contributed by atoms with E-state index >= 15 is 0 Å². The maximum atomic E-state index is 13.9. The number of rotatable bonds is 3. The molecule has 1 heterocycles. The molecule has 0 aliphatic carbocycles. The Hall–Kier alpha value is -1.87. The van der Waals surface area contributed by atoms with Gasteiger partial charge in [0, 0.05) is 11.6 Å².